The fourth-order valence-corrected chi connectivity index (χ4v) is 3.62. The number of thioether (sulfide) groups is 1. The van der Waals surface area contributed by atoms with Crippen LogP contribution in [0.4, 0.5) is 5.69 Å². The Kier molecular flexibility index (Phi) is 4.17. The maximum atomic E-state index is 12.3. The molecule has 0 spiro atoms. The zero-order valence-electron chi connectivity index (χ0n) is 13.5. The fourth-order valence-electron chi connectivity index (χ4n) is 2.71. The second-order valence-electron chi connectivity index (χ2n) is 5.58. The van der Waals surface area contributed by atoms with Crippen LogP contribution >= 0.6 is 23.4 Å². The van der Waals surface area contributed by atoms with Crippen LogP contribution in [0, 0.1) is 15.5 Å². The molecule has 1 amide bonds. The summed E-state index contributed by atoms with van der Waals surface area (Å²) in [7, 11) is 0. The zero-order valence-corrected chi connectivity index (χ0v) is 15.1. The first-order valence-corrected chi connectivity index (χ1v) is 8.89. The van der Waals surface area contributed by atoms with Crippen molar-refractivity contribution < 1.29 is 9.72 Å². The normalized spacial score (nSPS) is 17.4. The third kappa shape index (κ3) is 2.96. The molecule has 0 radical (unpaired) electrons. The van der Waals surface area contributed by atoms with Gasteiger partial charge in [0.25, 0.3) is 11.6 Å². The van der Waals surface area contributed by atoms with E-state index in [9.17, 15) is 14.9 Å². The van der Waals surface area contributed by atoms with Gasteiger partial charge in [0.1, 0.15) is 5.84 Å². The van der Waals surface area contributed by atoms with Crippen molar-refractivity contribution in [3.8, 4) is 5.69 Å². The Labute approximate surface area is 162 Å². The summed E-state index contributed by atoms with van der Waals surface area (Å²) in [5.41, 5.74) is 0.961. The van der Waals surface area contributed by atoms with Crippen LogP contribution in [-0.2, 0) is 4.79 Å². The van der Waals surface area contributed by atoms with Crippen LogP contribution in [0.1, 0.15) is 5.69 Å². The van der Waals surface area contributed by atoms with Crippen molar-refractivity contribution in [3.63, 3.8) is 0 Å². The minimum atomic E-state index is -0.514. The van der Waals surface area contributed by atoms with Crippen LogP contribution in [0.15, 0.2) is 58.7 Å². The van der Waals surface area contributed by atoms with Gasteiger partial charge in [-0.2, -0.15) is 4.99 Å². The van der Waals surface area contributed by atoms with Crippen molar-refractivity contribution in [2.45, 2.75) is 0 Å². The monoisotopic (exact) mass is 399 g/mol. The first-order valence-electron chi connectivity index (χ1n) is 7.63. The molecule has 27 heavy (non-hydrogen) atoms. The second-order valence-corrected chi connectivity index (χ2v) is 6.86. The number of hydrogen-bond acceptors (Lipinski definition) is 5. The fraction of sp³-hybridized carbons (Fsp3) is 0. The van der Waals surface area contributed by atoms with E-state index in [2.05, 4.69) is 4.99 Å². The van der Waals surface area contributed by atoms with Gasteiger partial charge in [-0.25, -0.2) is 0 Å². The molecule has 0 atom stereocenters. The Morgan fingerprint density at radius 2 is 2.15 bits per heavy atom. The van der Waals surface area contributed by atoms with E-state index < -0.39 is 10.8 Å². The van der Waals surface area contributed by atoms with E-state index in [0.717, 1.165) is 0 Å². The van der Waals surface area contributed by atoms with E-state index in [0.29, 0.717) is 21.6 Å². The summed E-state index contributed by atoms with van der Waals surface area (Å²) in [5, 5.41) is 21.9. The molecule has 0 saturated carbocycles. The molecule has 2 aromatic rings. The summed E-state index contributed by atoms with van der Waals surface area (Å²) >= 11 is 7.49. The highest BCUT2D eigenvalue weighted by Gasteiger charge is 2.31. The number of aliphatic imine (C=N–C) groups is 1. The molecule has 1 aromatic heterocycles. The molecule has 0 fully saturated rings. The first kappa shape index (κ1) is 17.3. The number of nitrogens with zero attached hydrogens (tertiary/aromatic N) is 4. The third-order valence-electron chi connectivity index (χ3n) is 3.99. The molecule has 4 rings (SSSR count). The second kappa shape index (κ2) is 6.53. The highest BCUT2D eigenvalue weighted by molar-refractivity contribution is 8.16. The van der Waals surface area contributed by atoms with Crippen molar-refractivity contribution >= 4 is 52.0 Å². The maximum absolute atomic E-state index is 12.3. The Morgan fingerprint density at radius 3 is 2.93 bits per heavy atom. The van der Waals surface area contributed by atoms with Crippen molar-refractivity contribution in [1.29, 1.82) is 5.41 Å². The van der Waals surface area contributed by atoms with E-state index in [4.69, 9.17) is 17.0 Å². The minimum Gasteiger partial charge on any atom is -0.315 e. The summed E-state index contributed by atoms with van der Waals surface area (Å²) in [6.45, 7) is 0. The van der Waals surface area contributed by atoms with E-state index in [1.54, 1.807) is 34.5 Å². The number of fused-ring (bicyclic) bond motifs is 1. The van der Waals surface area contributed by atoms with Gasteiger partial charge in [0.05, 0.1) is 21.2 Å². The lowest BCUT2D eigenvalue weighted by molar-refractivity contribution is -0.384. The number of nitro benzene ring substituents is 1. The van der Waals surface area contributed by atoms with Gasteiger partial charge >= 0.3 is 0 Å². The lowest BCUT2D eigenvalue weighted by Gasteiger charge is -2.22. The van der Waals surface area contributed by atoms with Crippen LogP contribution < -0.4 is 0 Å². The summed E-state index contributed by atoms with van der Waals surface area (Å²) in [5.74, 6) is -0.496. The molecule has 10 heteroatoms. The standard InChI is InChI=1S/C17H10ClN5O3S/c18-13-4-3-11(23(25)26)9-14(13)21-5-1-2-10(21)8-12-15(19)22-6-7-27-17(22)20-16(12)24/h1-9,19H/b12-8-,19-15?. The molecule has 0 unspecified atom stereocenters. The van der Waals surface area contributed by atoms with Gasteiger partial charge in [-0.3, -0.25) is 25.2 Å². The molecule has 2 aliphatic heterocycles. The smallest absolute Gasteiger partial charge is 0.283 e. The lowest BCUT2D eigenvalue weighted by atomic mass is 10.1. The molecule has 1 N–H and O–H groups in total. The molecule has 1 aromatic carbocycles. The molecular formula is C17H10ClN5O3S. The number of rotatable bonds is 3. The number of amidine groups is 2. The Bertz CT molecular complexity index is 1100. The van der Waals surface area contributed by atoms with Crippen LogP contribution in [0.25, 0.3) is 11.8 Å². The topological polar surface area (TPSA) is 105 Å². The van der Waals surface area contributed by atoms with Crippen molar-refractivity contribution in [1.82, 2.24) is 9.47 Å². The van der Waals surface area contributed by atoms with E-state index >= 15 is 0 Å². The molecule has 2 aliphatic rings. The number of benzene rings is 1. The molecular weight excluding hydrogens is 390 g/mol. The number of amides is 1. The molecule has 0 aliphatic carbocycles. The number of halogens is 1. The number of carbonyl (C=O) groups excluding carboxylic acids is 1. The highest BCUT2D eigenvalue weighted by atomic mass is 35.5. The number of hydrogen-bond donors (Lipinski definition) is 1. The summed E-state index contributed by atoms with van der Waals surface area (Å²) < 4.78 is 1.62. The van der Waals surface area contributed by atoms with Crippen molar-refractivity contribution in [3.05, 3.63) is 74.5 Å². The summed E-state index contributed by atoms with van der Waals surface area (Å²) in [6.07, 6.45) is 4.87. The predicted octanol–water partition coefficient (Wildman–Crippen LogP) is 3.82. The summed E-state index contributed by atoms with van der Waals surface area (Å²) in [4.78, 5) is 28.4. The van der Waals surface area contributed by atoms with Crippen LogP contribution in [0.3, 0.4) is 0 Å². The van der Waals surface area contributed by atoms with Gasteiger partial charge in [0.2, 0.25) is 0 Å². The Morgan fingerprint density at radius 1 is 1.33 bits per heavy atom. The molecule has 0 saturated heterocycles. The van der Waals surface area contributed by atoms with Gasteiger partial charge in [0, 0.05) is 30.2 Å². The van der Waals surface area contributed by atoms with Gasteiger partial charge in [-0.05, 0) is 29.7 Å². The Hall–Kier alpha value is -3.17. The number of nitro groups is 1. The number of non-ortho nitro benzene ring substituents is 1. The quantitative estimate of drug-likeness (QED) is 0.480. The first-order chi connectivity index (χ1) is 13.0. The summed E-state index contributed by atoms with van der Waals surface area (Å²) in [6, 6.07) is 7.56. The number of nitrogens with one attached hydrogen (secondary N) is 1. The average Bonchev–Trinajstić information content (AvgIpc) is 3.28. The molecule has 134 valence electrons. The third-order valence-corrected chi connectivity index (χ3v) is 5.06. The van der Waals surface area contributed by atoms with Crippen molar-refractivity contribution in [2.24, 2.45) is 4.99 Å². The van der Waals surface area contributed by atoms with E-state index in [1.807, 2.05) is 0 Å². The van der Waals surface area contributed by atoms with Crippen molar-refractivity contribution in [2.75, 3.05) is 0 Å². The lowest BCUT2D eigenvalue weighted by Crippen LogP contribution is -2.35. The predicted molar refractivity (Wildman–Crippen MR) is 104 cm³/mol. The zero-order chi connectivity index (χ0) is 19.1. The van der Waals surface area contributed by atoms with Gasteiger partial charge in [-0.1, -0.05) is 23.4 Å². The molecule has 3 heterocycles. The maximum Gasteiger partial charge on any atom is 0.283 e. The SMILES string of the molecule is N=C1/C(=C/c2cccn2-c2cc([N+](=O)[O-])ccc2Cl)C(=O)N=C2SC=CN12. The number of carbonyl (C=O) groups is 1. The van der Waals surface area contributed by atoms with Crippen LogP contribution in [0.5, 0.6) is 0 Å². The molecule has 8 nitrogen and oxygen atoms in total. The largest absolute Gasteiger partial charge is 0.315 e. The van der Waals surface area contributed by atoms with Crippen LogP contribution in [0.2, 0.25) is 5.02 Å². The van der Waals surface area contributed by atoms with E-state index in [1.165, 1.54) is 40.9 Å². The Balaban J connectivity index is 1.80. The average molecular weight is 400 g/mol. The van der Waals surface area contributed by atoms with E-state index in [-0.39, 0.29) is 17.1 Å². The van der Waals surface area contributed by atoms with Crippen LogP contribution in [-0.4, -0.2) is 31.3 Å². The molecule has 0 bridgehead atoms. The highest BCUT2D eigenvalue weighted by Crippen LogP contribution is 2.30. The van der Waals surface area contributed by atoms with Gasteiger partial charge in [0.15, 0.2) is 5.17 Å². The van der Waals surface area contributed by atoms with Gasteiger partial charge in [-0.15, -0.1) is 0 Å². The number of aromatic nitrogens is 1. The minimum absolute atomic E-state index is 0.0177. The van der Waals surface area contributed by atoms with Gasteiger partial charge < -0.3 is 4.57 Å².